The van der Waals surface area contributed by atoms with Crippen molar-refractivity contribution in [3.8, 4) is 5.75 Å². The van der Waals surface area contributed by atoms with E-state index in [1.54, 1.807) is 0 Å². The minimum absolute atomic E-state index is 0.0401. The molecule has 18 heavy (non-hydrogen) atoms. The number of amidine groups is 1. The van der Waals surface area contributed by atoms with Crippen LogP contribution in [0, 0.1) is 16.6 Å². The molecular formula is C12H15BrClFN2O. The van der Waals surface area contributed by atoms with Crippen LogP contribution in [0.5, 0.6) is 5.75 Å². The van der Waals surface area contributed by atoms with Gasteiger partial charge in [0.2, 0.25) is 0 Å². The van der Waals surface area contributed by atoms with Crippen molar-refractivity contribution in [1.29, 1.82) is 5.41 Å². The van der Waals surface area contributed by atoms with Crippen molar-refractivity contribution in [2.75, 3.05) is 6.61 Å². The molecule has 0 heterocycles. The molecule has 1 aromatic carbocycles. The molecule has 0 spiro atoms. The summed E-state index contributed by atoms with van der Waals surface area (Å²) in [7, 11) is 0. The normalized spacial score (nSPS) is 11.4. The van der Waals surface area contributed by atoms with Crippen LogP contribution in [0.15, 0.2) is 16.6 Å². The molecule has 3 nitrogen and oxygen atoms in total. The lowest BCUT2D eigenvalue weighted by Crippen LogP contribution is -2.32. The minimum atomic E-state index is -0.527. The van der Waals surface area contributed by atoms with Crippen molar-refractivity contribution >= 4 is 33.4 Å². The number of hydrogen-bond donors (Lipinski definition) is 2. The van der Waals surface area contributed by atoms with Crippen molar-refractivity contribution in [3.63, 3.8) is 0 Å². The zero-order valence-corrected chi connectivity index (χ0v) is 12.5. The van der Waals surface area contributed by atoms with E-state index in [2.05, 4.69) is 15.9 Å². The molecule has 0 saturated heterocycles. The maximum absolute atomic E-state index is 13.3. The van der Waals surface area contributed by atoms with Gasteiger partial charge in [0.1, 0.15) is 11.6 Å². The van der Waals surface area contributed by atoms with E-state index < -0.39 is 11.2 Å². The fourth-order valence-electron chi connectivity index (χ4n) is 1.17. The molecule has 0 aromatic heterocycles. The first-order valence-electron chi connectivity index (χ1n) is 5.36. The second kappa shape index (κ2) is 5.89. The summed E-state index contributed by atoms with van der Waals surface area (Å²) in [6, 6.07) is 2.68. The summed E-state index contributed by atoms with van der Waals surface area (Å²) in [6.07, 6.45) is 0.568. The summed E-state index contributed by atoms with van der Waals surface area (Å²) in [5.41, 5.74) is 5.03. The van der Waals surface area contributed by atoms with Gasteiger partial charge in [-0.1, -0.05) is 25.4 Å². The third-order valence-electron chi connectivity index (χ3n) is 2.69. The molecule has 0 aliphatic heterocycles. The van der Waals surface area contributed by atoms with Crippen LogP contribution >= 0.6 is 27.5 Å². The Morgan fingerprint density at radius 2 is 2.17 bits per heavy atom. The fraction of sp³-hybridized carbons (Fsp3) is 0.417. The molecule has 6 heteroatoms. The molecule has 0 atom stereocenters. The molecule has 0 aliphatic carbocycles. The first kappa shape index (κ1) is 15.2. The third-order valence-corrected chi connectivity index (χ3v) is 3.60. The number of hydrogen-bond acceptors (Lipinski definition) is 2. The van der Waals surface area contributed by atoms with Crippen LogP contribution < -0.4 is 10.5 Å². The molecule has 0 saturated carbocycles. The standard InChI is InChI=1S/C12H15BrClFN2O/c1-12(2,11(16)17)3-4-18-10-6-9(15)8(14)5-7(10)13/h5-6H,3-4H2,1-2H3,(H3,16,17). The predicted octanol–water partition coefficient (Wildman–Crippen LogP) is 3.97. The lowest BCUT2D eigenvalue weighted by molar-refractivity contribution is 0.266. The molecule has 0 radical (unpaired) electrons. The quantitative estimate of drug-likeness (QED) is 0.485. The average molecular weight is 338 g/mol. The van der Waals surface area contributed by atoms with Gasteiger partial charge in [-0.3, -0.25) is 5.41 Å². The minimum Gasteiger partial charge on any atom is -0.492 e. The number of benzene rings is 1. The van der Waals surface area contributed by atoms with Gasteiger partial charge in [0.25, 0.3) is 0 Å². The number of nitrogens with one attached hydrogen (secondary N) is 1. The van der Waals surface area contributed by atoms with Gasteiger partial charge in [-0.05, 0) is 28.4 Å². The Labute approximate surface area is 119 Å². The van der Waals surface area contributed by atoms with Gasteiger partial charge in [-0.15, -0.1) is 0 Å². The molecule has 0 unspecified atom stereocenters. The van der Waals surface area contributed by atoms with E-state index in [4.69, 9.17) is 27.5 Å². The van der Waals surface area contributed by atoms with Crippen LogP contribution in [-0.4, -0.2) is 12.4 Å². The van der Waals surface area contributed by atoms with Crippen molar-refractivity contribution in [3.05, 3.63) is 27.4 Å². The first-order valence-corrected chi connectivity index (χ1v) is 6.53. The van der Waals surface area contributed by atoms with Gasteiger partial charge in [-0.2, -0.15) is 0 Å². The monoisotopic (exact) mass is 336 g/mol. The highest BCUT2D eigenvalue weighted by atomic mass is 79.9. The van der Waals surface area contributed by atoms with E-state index in [-0.39, 0.29) is 10.9 Å². The number of rotatable bonds is 5. The van der Waals surface area contributed by atoms with Gasteiger partial charge in [0.05, 0.1) is 21.9 Å². The Kier molecular flexibility index (Phi) is 4.99. The zero-order valence-electron chi connectivity index (χ0n) is 10.2. The molecule has 3 N–H and O–H groups in total. The lowest BCUT2D eigenvalue weighted by atomic mass is 9.88. The van der Waals surface area contributed by atoms with Crippen molar-refractivity contribution in [2.45, 2.75) is 20.3 Å². The van der Waals surface area contributed by atoms with E-state index in [9.17, 15) is 4.39 Å². The van der Waals surface area contributed by atoms with Crippen LogP contribution in [0.3, 0.4) is 0 Å². The highest BCUT2D eigenvalue weighted by Crippen LogP contribution is 2.31. The second-order valence-electron chi connectivity index (χ2n) is 4.59. The van der Waals surface area contributed by atoms with Gasteiger partial charge < -0.3 is 10.5 Å². The first-order chi connectivity index (χ1) is 8.24. The van der Waals surface area contributed by atoms with Crippen molar-refractivity contribution < 1.29 is 9.13 Å². The Bertz CT molecular complexity index is 466. The summed E-state index contributed by atoms with van der Waals surface area (Å²) < 4.78 is 19.3. The van der Waals surface area contributed by atoms with Gasteiger partial charge >= 0.3 is 0 Å². The SMILES string of the molecule is CC(C)(CCOc1cc(F)c(Cl)cc1Br)C(=N)N. The predicted molar refractivity (Wildman–Crippen MR) is 74.9 cm³/mol. The Hall–Kier alpha value is -0.810. The smallest absolute Gasteiger partial charge is 0.145 e. The largest absolute Gasteiger partial charge is 0.492 e. The van der Waals surface area contributed by atoms with Crippen LogP contribution in [0.1, 0.15) is 20.3 Å². The Morgan fingerprint density at radius 1 is 1.56 bits per heavy atom. The average Bonchev–Trinajstić information content (AvgIpc) is 2.25. The number of nitrogens with two attached hydrogens (primary N) is 1. The van der Waals surface area contributed by atoms with Crippen molar-refractivity contribution in [2.24, 2.45) is 11.1 Å². The maximum Gasteiger partial charge on any atom is 0.145 e. The summed E-state index contributed by atoms with van der Waals surface area (Å²) in [5.74, 6) is -0.0376. The molecule has 1 rings (SSSR count). The van der Waals surface area contributed by atoms with E-state index >= 15 is 0 Å². The maximum atomic E-state index is 13.3. The molecule has 0 amide bonds. The molecule has 0 aliphatic rings. The number of halogens is 3. The Morgan fingerprint density at radius 3 is 2.72 bits per heavy atom. The van der Waals surface area contributed by atoms with Crippen molar-refractivity contribution in [1.82, 2.24) is 0 Å². The summed E-state index contributed by atoms with van der Waals surface area (Å²) >= 11 is 8.88. The summed E-state index contributed by atoms with van der Waals surface area (Å²) in [6.45, 7) is 4.05. The van der Waals surface area contributed by atoms with Crippen LogP contribution in [0.4, 0.5) is 4.39 Å². The van der Waals surface area contributed by atoms with E-state index in [0.717, 1.165) is 0 Å². The zero-order chi connectivity index (χ0) is 13.9. The van der Waals surface area contributed by atoms with E-state index in [1.807, 2.05) is 13.8 Å². The van der Waals surface area contributed by atoms with Gasteiger partial charge in [-0.25, -0.2) is 4.39 Å². The highest BCUT2D eigenvalue weighted by Gasteiger charge is 2.21. The summed E-state index contributed by atoms with van der Waals surface area (Å²) in [4.78, 5) is 0. The van der Waals surface area contributed by atoms with E-state index in [0.29, 0.717) is 23.2 Å². The molecule has 0 fully saturated rings. The fourth-order valence-corrected chi connectivity index (χ4v) is 1.92. The Balaban J connectivity index is 2.65. The second-order valence-corrected chi connectivity index (χ2v) is 5.85. The summed E-state index contributed by atoms with van der Waals surface area (Å²) in [5, 5.41) is 7.46. The molecular weight excluding hydrogens is 322 g/mol. The van der Waals surface area contributed by atoms with Crippen LogP contribution in [0.25, 0.3) is 0 Å². The third kappa shape index (κ3) is 3.85. The molecule has 1 aromatic rings. The molecule has 0 bridgehead atoms. The highest BCUT2D eigenvalue weighted by molar-refractivity contribution is 9.10. The van der Waals surface area contributed by atoms with Crippen LogP contribution in [0.2, 0.25) is 5.02 Å². The van der Waals surface area contributed by atoms with Gasteiger partial charge in [0, 0.05) is 11.5 Å². The molecule has 100 valence electrons. The number of ether oxygens (including phenoxy) is 1. The van der Waals surface area contributed by atoms with E-state index in [1.165, 1.54) is 12.1 Å². The lowest BCUT2D eigenvalue weighted by Gasteiger charge is -2.22. The van der Waals surface area contributed by atoms with Gasteiger partial charge in [0.15, 0.2) is 0 Å². The van der Waals surface area contributed by atoms with Crippen LogP contribution in [-0.2, 0) is 0 Å². The topological polar surface area (TPSA) is 59.1 Å².